The highest BCUT2D eigenvalue weighted by molar-refractivity contribution is 6.30. The lowest BCUT2D eigenvalue weighted by Gasteiger charge is -2.04. The molecule has 84 valence electrons. The molecule has 1 N–H and O–H groups in total. The molecule has 0 saturated carbocycles. The van der Waals surface area contributed by atoms with Crippen molar-refractivity contribution in [2.24, 2.45) is 7.05 Å². The quantitative estimate of drug-likeness (QED) is 0.887. The van der Waals surface area contributed by atoms with Crippen LogP contribution in [0.3, 0.4) is 0 Å². The predicted octanol–water partition coefficient (Wildman–Crippen LogP) is 2.99. The van der Waals surface area contributed by atoms with Gasteiger partial charge in [0.05, 0.1) is 11.4 Å². The van der Waals surface area contributed by atoms with Crippen LogP contribution in [0, 0.1) is 6.92 Å². The number of halogens is 1. The first kappa shape index (κ1) is 11.0. The average molecular weight is 236 g/mol. The topological polar surface area (TPSA) is 29.9 Å². The van der Waals surface area contributed by atoms with Crippen molar-refractivity contribution < 1.29 is 0 Å². The van der Waals surface area contributed by atoms with E-state index in [0.717, 1.165) is 22.9 Å². The van der Waals surface area contributed by atoms with Crippen molar-refractivity contribution in [2.45, 2.75) is 13.5 Å². The van der Waals surface area contributed by atoms with Crippen molar-refractivity contribution >= 4 is 17.3 Å². The SMILES string of the molecule is Cc1nn(C)cc1NCc1ccc(Cl)cc1. The van der Waals surface area contributed by atoms with E-state index in [1.807, 2.05) is 44.4 Å². The Hall–Kier alpha value is -1.48. The van der Waals surface area contributed by atoms with Crippen molar-refractivity contribution in [3.63, 3.8) is 0 Å². The number of nitrogens with one attached hydrogen (secondary N) is 1. The summed E-state index contributed by atoms with van der Waals surface area (Å²) < 4.78 is 1.81. The summed E-state index contributed by atoms with van der Waals surface area (Å²) in [5.74, 6) is 0. The maximum Gasteiger partial charge on any atom is 0.0825 e. The summed E-state index contributed by atoms with van der Waals surface area (Å²) in [7, 11) is 1.92. The van der Waals surface area contributed by atoms with E-state index in [9.17, 15) is 0 Å². The van der Waals surface area contributed by atoms with Gasteiger partial charge < -0.3 is 5.32 Å². The van der Waals surface area contributed by atoms with E-state index in [2.05, 4.69) is 10.4 Å². The maximum absolute atomic E-state index is 5.82. The molecule has 0 atom stereocenters. The molecule has 0 bridgehead atoms. The van der Waals surface area contributed by atoms with Gasteiger partial charge in [0.2, 0.25) is 0 Å². The summed E-state index contributed by atoms with van der Waals surface area (Å²) in [5, 5.41) is 8.38. The molecule has 0 spiro atoms. The van der Waals surface area contributed by atoms with Crippen LogP contribution in [0.2, 0.25) is 5.02 Å². The second-order valence-electron chi connectivity index (χ2n) is 3.78. The van der Waals surface area contributed by atoms with Crippen LogP contribution < -0.4 is 5.32 Å². The van der Waals surface area contributed by atoms with Crippen molar-refractivity contribution in [1.82, 2.24) is 9.78 Å². The summed E-state index contributed by atoms with van der Waals surface area (Å²) in [4.78, 5) is 0. The van der Waals surface area contributed by atoms with Gasteiger partial charge in [0, 0.05) is 24.8 Å². The molecule has 2 aromatic rings. The second-order valence-corrected chi connectivity index (χ2v) is 4.22. The summed E-state index contributed by atoms with van der Waals surface area (Å²) in [6, 6.07) is 7.82. The largest absolute Gasteiger partial charge is 0.378 e. The molecular weight excluding hydrogens is 222 g/mol. The molecule has 0 saturated heterocycles. The Kier molecular flexibility index (Phi) is 3.15. The Morgan fingerprint density at radius 3 is 2.56 bits per heavy atom. The van der Waals surface area contributed by atoms with Crippen LogP contribution >= 0.6 is 11.6 Å². The number of hydrogen-bond acceptors (Lipinski definition) is 2. The molecule has 1 heterocycles. The first-order valence-corrected chi connectivity index (χ1v) is 5.51. The number of nitrogens with zero attached hydrogens (tertiary/aromatic N) is 2. The van der Waals surface area contributed by atoms with E-state index < -0.39 is 0 Å². The van der Waals surface area contributed by atoms with Gasteiger partial charge in [0.15, 0.2) is 0 Å². The molecule has 0 unspecified atom stereocenters. The average Bonchev–Trinajstić information content (AvgIpc) is 2.57. The van der Waals surface area contributed by atoms with Gasteiger partial charge in [-0.1, -0.05) is 23.7 Å². The molecule has 0 amide bonds. The van der Waals surface area contributed by atoms with E-state index >= 15 is 0 Å². The number of hydrogen-bond donors (Lipinski definition) is 1. The highest BCUT2D eigenvalue weighted by atomic mass is 35.5. The summed E-state index contributed by atoms with van der Waals surface area (Å²) in [6.07, 6.45) is 1.98. The molecule has 0 radical (unpaired) electrons. The third-order valence-electron chi connectivity index (χ3n) is 2.41. The monoisotopic (exact) mass is 235 g/mol. The normalized spacial score (nSPS) is 10.4. The van der Waals surface area contributed by atoms with Crippen molar-refractivity contribution in [3.05, 3.63) is 46.7 Å². The van der Waals surface area contributed by atoms with Crippen LogP contribution in [0.4, 0.5) is 5.69 Å². The fraction of sp³-hybridized carbons (Fsp3) is 0.250. The Morgan fingerprint density at radius 2 is 2.00 bits per heavy atom. The zero-order valence-electron chi connectivity index (χ0n) is 9.37. The van der Waals surface area contributed by atoms with Crippen molar-refractivity contribution in [2.75, 3.05) is 5.32 Å². The number of anilines is 1. The van der Waals surface area contributed by atoms with Crippen LogP contribution in [0.5, 0.6) is 0 Å². The Labute approximate surface area is 100 Å². The fourth-order valence-corrected chi connectivity index (χ4v) is 1.70. The molecule has 1 aromatic carbocycles. The van der Waals surface area contributed by atoms with E-state index in [1.165, 1.54) is 5.56 Å². The zero-order chi connectivity index (χ0) is 11.5. The van der Waals surface area contributed by atoms with Crippen molar-refractivity contribution in [1.29, 1.82) is 0 Å². The summed E-state index contributed by atoms with van der Waals surface area (Å²) >= 11 is 5.82. The number of aromatic nitrogens is 2. The van der Waals surface area contributed by atoms with Gasteiger partial charge in [0.25, 0.3) is 0 Å². The molecular formula is C12H14ClN3. The molecule has 16 heavy (non-hydrogen) atoms. The first-order valence-electron chi connectivity index (χ1n) is 5.14. The Bertz CT molecular complexity index is 474. The fourth-order valence-electron chi connectivity index (χ4n) is 1.57. The second kappa shape index (κ2) is 4.58. The van der Waals surface area contributed by atoms with Gasteiger partial charge in [-0.25, -0.2) is 0 Å². The van der Waals surface area contributed by atoms with Crippen LogP contribution in [-0.2, 0) is 13.6 Å². The van der Waals surface area contributed by atoms with Gasteiger partial charge in [-0.2, -0.15) is 5.10 Å². The lowest BCUT2D eigenvalue weighted by atomic mass is 10.2. The number of benzene rings is 1. The maximum atomic E-state index is 5.82. The Balaban J connectivity index is 2.02. The third kappa shape index (κ3) is 2.55. The molecule has 0 aliphatic rings. The smallest absolute Gasteiger partial charge is 0.0825 e. The molecule has 0 aliphatic heterocycles. The lowest BCUT2D eigenvalue weighted by Crippen LogP contribution is -1.99. The van der Waals surface area contributed by atoms with E-state index in [0.29, 0.717) is 0 Å². The first-order chi connectivity index (χ1) is 7.65. The van der Waals surface area contributed by atoms with Gasteiger partial charge in [0.1, 0.15) is 0 Å². The minimum absolute atomic E-state index is 0.765. The molecule has 1 aromatic heterocycles. The number of aryl methyl sites for hydroxylation is 2. The van der Waals surface area contributed by atoms with E-state index in [-0.39, 0.29) is 0 Å². The molecule has 4 heteroatoms. The van der Waals surface area contributed by atoms with Crippen LogP contribution in [-0.4, -0.2) is 9.78 Å². The van der Waals surface area contributed by atoms with Crippen LogP contribution in [0.25, 0.3) is 0 Å². The van der Waals surface area contributed by atoms with E-state index in [4.69, 9.17) is 11.6 Å². The lowest BCUT2D eigenvalue weighted by molar-refractivity contribution is 0.756. The molecule has 2 rings (SSSR count). The van der Waals surface area contributed by atoms with Crippen LogP contribution in [0.1, 0.15) is 11.3 Å². The van der Waals surface area contributed by atoms with Gasteiger partial charge in [-0.05, 0) is 24.6 Å². The van der Waals surface area contributed by atoms with E-state index in [1.54, 1.807) is 4.68 Å². The highest BCUT2D eigenvalue weighted by Crippen LogP contribution is 2.14. The standard InChI is InChI=1S/C12H14ClN3/c1-9-12(8-16(2)15-9)14-7-10-3-5-11(13)6-4-10/h3-6,8,14H,7H2,1-2H3. The molecule has 3 nitrogen and oxygen atoms in total. The van der Waals surface area contributed by atoms with Crippen LogP contribution in [0.15, 0.2) is 30.5 Å². The summed E-state index contributed by atoms with van der Waals surface area (Å²) in [5.41, 5.74) is 3.28. The molecule has 0 fully saturated rings. The minimum Gasteiger partial charge on any atom is -0.378 e. The Morgan fingerprint density at radius 1 is 1.31 bits per heavy atom. The summed E-state index contributed by atoms with van der Waals surface area (Å²) in [6.45, 7) is 2.77. The zero-order valence-corrected chi connectivity index (χ0v) is 10.1. The van der Waals surface area contributed by atoms with Gasteiger partial charge in [-0.3, -0.25) is 4.68 Å². The minimum atomic E-state index is 0.765. The van der Waals surface area contributed by atoms with Gasteiger partial charge in [-0.15, -0.1) is 0 Å². The van der Waals surface area contributed by atoms with Gasteiger partial charge >= 0.3 is 0 Å². The molecule has 0 aliphatic carbocycles. The van der Waals surface area contributed by atoms with Crippen molar-refractivity contribution in [3.8, 4) is 0 Å². The highest BCUT2D eigenvalue weighted by Gasteiger charge is 2.01. The number of rotatable bonds is 3. The third-order valence-corrected chi connectivity index (χ3v) is 2.66. The predicted molar refractivity (Wildman–Crippen MR) is 66.7 cm³/mol.